The minimum atomic E-state index is 0.109. The highest BCUT2D eigenvalue weighted by Gasteiger charge is 2.32. The molecule has 0 unspecified atom stereocenters. The van der Waals surface area contributed by atoms with E-state index in [9.17, 15) is 4.79 Å². The van der Waals surface area contributed by atoms with Gasteiger partial charge < -0.3 is 9.47 Å². The normalized spacial score (nSPS) is 18.8. The number of imidazole rings is 1. The van der Waals surface area contributed by atoms with Crippen molar-refractivity contribution in [3.8, 4) is 0 Å². The summed E-state index contributed by atoms with van der Waals surface area (Å²) in [4.78, 5) is 27.8. The molecule has 126 valence electrons. The van der Waals surface area contributed by atoms with Gasteiger partial charge in [0.1, 0.15) is 5.82 Å². The minimum Gasteiger partial charge on any atom is -0.339 e. The van der Waals surface area contributed by atoms with E-state index in [1.54, 1.807) is 6.20 Å². The van der Waals surface area contributed by atoms with Crippen LogP contribution in [0.25, 0.3) is 0 Å². The fourth-order valence-corrected chi connectivity index (χ4v) is 3.50. The van der Waals surface area contributed by atoms with Crippen LogP contribution in [0, 0.1) is 12.8 Å². The van der Waals surface area contributed by atoms with Crippen molar-refractivity contribution in [2.24, 2.45) is 5.92 Å². The van der Waals surface area contributed by atoms with E-state index in [-0.39, 0.29) is 5.91 Å². The molecule has 4 rings (SSSR count). The first-order valence-corrected chi connectivity index (χ1v) is 8.79. The Morgan fingerprint density at radius 2 is 2.04 bits per heavy atom. The highest BCUT2D eigenvalue weighted by molar-refractivity contribution is 5.95. The Morgan fingerprint density at radius 1 is 1.25 bits per heavy atom. The lowest BCUT2D eigenvalue weighted by molar-refractivity contribution is 0.0680. The average molecular weight is 325 g/mol. The van der Waals surface area contributed by atoms with Gasteiger partial charge in [-0.25, -0.2) is 15.0 Å². The van der Waals surface area contributed by atoms with Crippen molar-refractivity contribution >= 4 is 5.91 Å². The number of aryl methyl sites for hydroxylation is 1. The van der Waals surface area contributed by atoms with E-state index in [4.69, 9.17) is 0 Å². The summed E-state index contributed by atoms with van der Waals surface area (Å²) < 4.78 is 2.13. The molecule has 2 fully saturated rings. The van der Waals surface area contributed by atoms with Crippen LogP contribution in [0.5, 0.6) is 0 Å². The number of hydrogen-bond donors (Lipinski definition) is 0. The van der Waals surface area contributed by atoms with Gasteiger partial charge in [0.05, 0.1) is 17.6 Å². The van der Waals surface area contributed by atoms with E-state index in [1.807, 2.05) is 30.5 Å². The highest BCUT2D eigenvalue weighted by atomic mass is 16.2. The molecule has 0 spiro atoms. The first kappa shape index (κ1) is 15.3. The predicted molar refractivity (Wildman–Crippen MR) is 89.6 cm³/mol. The van der Waals surface area contributed by atoms with Crippen LogP contribution in [-0.4, -0.2) is 43.4 Å². The molecule has 1 saturated carbocycles. The molecule has 2 aromatic heterocycles. The molecule has 1 aliphatic heterocycles. The van der Waals surface area contributed by atoms with Crippen LogP contribution in [0.1, 0.15) is 53.5 Å². The summed E-state index contributed by atoms with van der Waals surface area (Å²) in [7, 11) is 0. The lowest BCUT2D eigenvalue weighted by Gasteiger charge is -2.32. The molecule has 0 aromatic carbocycles. The second kappa shape index (κ2) is 6.34. The number of carbonyl (C=O) groups is 1. The number of aromatic nitrogens is 4. The molecule has 6 nitrogen and oxygen atoms in total. The summed E-state index contributed by atoms with van der Waals surface area (Å²) in [6.07, 6.45) is 11.8. The molecule has 2 aromatic rings. The quantitative estimate of drug-likeness (QED) is 0.866. The van der Waals surface area contributed by atoms with Crippen LogP contribution in [0.3, 0.4) is 0 Å². The summed E-state index contributed by atoms with van der Waals surface area (Å²) >= 11 is 0. The lowest BCUT2D eigenvalue weighted by atomic mass is 9.96. The van der Waals surface area contributed by atoms with Gasteiger partial charge >= 0.3 is 0 Å². The van der Waals surface area contributed by atoms with E-state index in [2.05, 4.69) is 19.5 Å². The smallest absolute Gasteiger partial charge is 0.257 e. The average Bonchev–Trinajstić information content (AvgIpc) is 3.33. The van der Waals surface area contributed by atoms with E-state index < -0.39 is 0 Å². The van der Waals surface area contributed by atoms with Gasteiger partial charge in [0.15, 0.2) is 0 Å². The van der Waals surface area contributed by atoms with E-state index >= 15 is 0 Å². The topological polar surface area (TPSA) is 63.9 Å². The Hall–Kier alpha value is -2.24. The fourth-order valence-electron chi connectivity index (χ4n) is 3.50. The maximum atomic E-state index is 12.9. The molecule has 6 heteroatoms. The van der Waals surface area contributed by atoms with Crippen molar-refractivity contribution in [3.05, 3.63) is 42.0 Å². The van der Waals surface area contributed by atoms with Gasteiger partial charge in [0.2, 0.25) is 0 Å². The second-order valence-electron chi connectivity index (χ2n) is 6.99. The Morgan fingerprint density at radius 3 is 2.71 bits per heavy atom. The number of amides is 1. The lowest BCUT2D eigenvalue weighted by Crippen LogP contribution is -2.39. The molecular formula is C18H23N5O. The number of carbonyl (C=O) groups excluding carboxylic acids is 1. The van der Waals surface area contributed by atoms with Crippen LogP contribution in [0.4, 0.5) is 0 Å². The van der Waals surface area contributed by atoms with E-state index in [0.29, 0.717) is 11.8 Å². The van der Waals surface area contributed by atoms with Gasteiger partial charge in [-0.2, -0.15) is 0 Å². The zero-order valence-electron chi connectivity index (χ0n) is 14.1. The van der Waals surface area contributed by atoms with Gasteiger partial charge in [-0.3, -0.25) is 4.79 Å². The third kappa shape index (κ3) is 3.18. The van der Waals surface area contributed by atoms with Gasteiger partial charge in [-0.15, -0.1) is 0 Å². The van der Waals surface area contributed by atoms with Crippen LogP contribution in [-0.2, 0) is 6.54 Å². The number of rotatable bonds is 4. The molecule has 1 amide bonds. The molecule has 24 heavy (non-hydrogen) atoms. The summed E-state index contributed by atoms with van der Waals surface area (Å²) in [5, 5.41) is 0. The summed E-state index contributed by atoms with van der Waals surface area (Å²) in [5.74, 6) is 1.94. The van der Waals surface area contributed by atoms with Crippen molar-refractivity contribution in [2.45, 2.75) is 45.1 Å². The van der Waals surface area contributed by atoms with E-state index in [1.165, 1.54) is 0 Å². The van der Waals surface area contributed by atoms with Crippen molar-refractivity contribution in [1.29, 1.82) is 0 Å². The maximum absolute atomic E-state index is 12.9. The highest BCUT2D eigenvalue weighted by Crippen LogP contribution is 2.40. The Kier molecular flexibility index (Phi) is 4.04. The van der Waals surface area contributed by atoms with Crippen LogP contribution < -0.4 is 0 Å². The molecule has 3 heterocycles. The van der Waals surface area contributed by atoms with Crippen LogP contribution in [0.15, 0.2) is 24.9 Å². The van der Waals surface area contributed by atoms with Crippen molar-refractivity contribution in [2.75, 3.05) is 13.1 Å². The fraction of sp³-hybridized carbons (Fsp3) is 0.556. The predicted octanol–water partition coefficient (Wildman–Crippen LogP) is 2.41. The molecule has 1 aliphatic carbocycles. The molecule has 1 saturated heterocycles. The largest absolute Gasteiger partial charge is 0.339 e. The number of piperidine rings is 1. The first-order valence-electron chi connectivity index (χ1n) is 8.79. The number of hydrogen-bond acceptors (Lipinski definition) is 4. The van der Waals surface area contributed by atoms with Crippen molar-refractivity contribution < 1.29 is 4.79 Å². The van der Waals surface area contributed by atoms with Crippen molar-refractivity contribution in [3.63, 3.8) is 0 Å². The molecular weight excluding hydrogens is 302 g/mol. The molecule has 0 N–H and O–H groups in total. The standard InChI is InChI=1S/C18H23N5O/c1-13-20-10-16(17(21-13)15-2-3-15)18(24)23-7-4-14(5-8-23)11-22-9-6-19-12-22/h6,9-10,12,14-15H,2-5,7-8,11H2,1H3. The summed E-state index contributed by atoms with van der Waals surface area (Å²) in [6, 6.07) is 0. The Labute approximate surface area is 141 Å². The zero-order chi connectivity index (χ0) is 16.5. The summed E-state index contributed by atoms with van der Waals surface area (Å²) in [5.41, 5.74) is 1.68. The molecule has 0 radical (unpaired) electrons. The van der Waals surface area contributed by atoms with Gasteiger partial charge in [0, 0.05) is 44.1 Å². The maximum Gasteiger partial charge on any atom is 0.257 e. The Bertz CT molecular complexity index is 715. The Balaban J connectivity index is 1.41. The SMILES string of the molecule is Cc1ncc(C(=O)N2CCC(Cn3ccnc3)CC2)c(C2CC2)n1. The first-order chi connectivity index (χ1) is 11.7. The molecule has 0 atom stereocenters. The minimum absolute atomic E-state index is 0.109. The number of likely N-dealkylation sites (tertiary alicyclic amines) is 1. The van der Waals surface area contributed by atoms with Gasteiger partial charge in [-0.05, 0) is 38.5 Å². The van der Waals surface area contributed by atoms with Crippen molar-refractivity contribution in [1.82, 2.24) is 24.4 Å². The third-order valence-electron chi connectivity index (χ3n) is 5.06. The van der Waals surface area contributed by atoms with Gasteiger partial charge in [0.25, 0.3) is 5.91 Å². The monoisotopic (exact) mass is 325 g/mol. The zero-order valence-corrected chi connectivity index (χ0v) is 14.1. The van der Waals surface area contributed by atoms with Gasteiger partial charge in [-0.1, -0.05) is 0 Å². The third-order valence-corrected chi connectivity index (χ3v) is 5.06. The van der Waals surface area contributed by atoms with E-state index in [0.717, 1.165) is 62.4 Å². The number of nitrogens with zero attached hydrogens (tertiary/aromatic N) is 5. The molecule has 0 bridgehead atoms. The van der Waals surface area contributed by atoms with Crippen LogP contribution >= 0.6 is 0 Å². The second-order valence-corrected chi connectivity index (χ2v) is 6.99. The summed E-state index contributed by atoms with van der Waals surface area (Å²) in [6.45, 7) is 4.51. The molecule has 2 aliphatic rings. The van der Waals surface area contributed by atoms with Crippen LogP contribution in [0.2, 0.25) is 0 Å².